The Labute approximate surface area is 184 Å². The molecule has 4 aromatic rings. The van der Waals surface area contributed by atoms with Crippen molar-refractivity contribution in [1.82, 2.24) is 24.9 Å². The quantitative estimate of drug-likeness (QED) is 0.517. The Morgan fingerprint density at radius 3 is 2.91 bits per heavy atom. The predicted molar refractivity (Wildman–Crippen MR) is 119 cm³/mol. The van der Waals surface area contributed by atoms with E-state index in [1.165, 1.54) is 19.3 Å². The van der Waals surface area contributed by atoms with Crippen LogP contribution in [0.1, 0.15) is 32.1 Å². The van der Waals surface area contributed by atoms with Crippen molar-refractivity contribution in [3.8, 4) is 17.3 Å². The van der Waals surface area contributed by atoms with Crippen molar-refractivity contribution in [3.05, 3.63) is 36.7 Å². The van der Waals surface area contributed by atoms with E-state index in [1.807, 2.05) is 18.2 Å². The van der Waals surface area contributed by atoms with Crippen LogP contribution in [0.5, 0.6) is 5.88 Å². The number of anilines is 1. The second-order valence-corrected chi connectivity index (χ2v) is 8.40. The highest BCUT2D eigenvalue weighted by Crippen LogP contribution is 2.34. The average molecular weight is 432 g/mol. The molecule has 0 radical (unpaired) electrons. The molecule has 0 spiro atoms. The highest BCUT2D eigenvalue weighted by atomic mass is 16.5. The number of carbonyl (C=O) groups excluding carboxylic acids is 1. The van der Waals surface area contributed by atoms with Crippen molar-refractivity contribution in [1.29, 1.82) is 0 Å². The van der Waals surface area contributed by atoms with Gasteiger partial charge >= 0.3 is 0 Å². The van der Waals surface area contributed by atoms with Crippen LogP contribution in [-0.4, -0.2) is 51.2 Å². The number of fused-ring (bicyclic) bond motifs is 2. The highest BCUT2D eigenvalue weighted by Gasteiger charge is 2.22. The third-order valence-corrected chi connectivity index (χ3v) is 6.19. The van der Waals surface area contributed by atoms with Gasteiger partial charge in [-0.1, -0.05) is 0 Å². The second-order valence-electron chi connectivity index (χ2n) is 8.40. The number of piperidine rings is 1. The van der Waals surface area contributed by atoms with Crippen LogP contribution in [0, 0.1) is 0 Å². The molecule has 1 atom stereocenters. The number of imidazole rings is 1. The van der Waals surface area contributed by atoms with E-state index in [4.69, 9.17) is 9.15 Å². The molecule has 1 N–H and O–H groups in total. The number of aromatic nitrogens is 4. The van der Waals surface area contributed by atoms with Gasteiger partial charge in [-0.05, 0) is 43.9 Å². The fourth-order valence-electron chi connectivity index (χ4n) is 4.52. The van der Waals surface area contributed by atoms with E-state index in [0.29, 0.717) is 30.3 Å². The van der Waals surface area contributed by atoms with Crippen molar-refractivity contribution in [3.63, 3.8) is 0 Å². The number of furan rings is 1. The fourth-order valence-corrected chi connectivity index (χ4v) is 4.52. The minimum atomic E-state index is 0.0262. The van der Waals surface area contributed by atoms with Gasteiger partial charge in [0.1, 0.15) is 23.7 Å². The summed E-state index contributed by atoms with van der Waals surface area (Å²) in [5, 5.41) is 8.52. The minimum absolute atomic E-state index is 0.0262. The van der Waals surface area contributed by atoms with Crippen LogP contribution >= 0.6 is 0 Å². The lowest BCUT2D eigenvalue weighted by atomic mass is 10.1. The number of rotatable bonds is 5. The maximum Gasteiger partial charge on any atom is 0.231 e. The number of nitrogens with zero attached hydrogens (tertiary/aromatic N) is 5. The summed E-state index contributed by atoms with van der Waals surface area (Å²) in [6, 6.07) is 7.60. The number of hydrogen-bond donors (Lipinski definition) is 1. The molecule has 164 valence electrons. The zero-order chi connectivity index (χ0) is 21.5. The molecule has 1 unspecified atom stereocenters. The first-order valence-electron chi connectivity index (χ1n) is 11.2. The lowest BCUT2D eigenvalue weighted by molar-refractivity contribution is -0.119. The molecule has 0 aromatic carbocycles. The van der Waals surface area contributed by atoms with Crippen LogP contribution in [0.25, 0.3) is 28.1 Å². The maximum absolute atomic E-state index is 11.4. The zero-order valence-corrected chi connectivity index (χ0v) is 17.7. The monoisotopic (exact) mass is 432 g/mol. The summed E-state index contributed by atoms with van der Waals surface area (Å²) >= 11 is 0. The maximum atomic E-state index is 11.4. The summed E-state index contributed by atoms with van der Waals surface area (Å²) in [5.41, 5.74) is 2.26. The molecule has 32 heavy (non-hydrogen) atoms. The van der Waals surface area contributed by atoms with Gasteiger partial charge in [-0.2, -0.15) is 0 Å². The van der Waals surface area contributed by atoms with E-state index < -0.39 is 0 Å². The molecule has 2 fully saturated rings. The Hall–Kier alpha value is -3.62. The van der Waals surface area contributed by atoms with Crippen molar-refractivity contribution >= 4 is 28.3 Å². The van der Waals surface area contributed by atoms with E-state index >= 15 is 0 Å². The third-order valence-electron chi connectivity index (χ3n) is 6.19. The highest BCUT2D eigenvalue weighted by molar-refractivity contribution is 5.92. The first-order valence-corrected chi connectivity index (χ1v) is 11.2. The second kappa shape index (κ2) is 7.81. The van der Waals surface area contributed by atoms with Crippen LogP contribution in [-0.2, 0) is 4.79 Å². The third kappa shape index (κ3) is 3.43. The van der Waals surface area contributed by atoms with E-state index in [2.05, 4.69) is 25.3 Å². The predicted octanol–water partition coefficient (Wildman–Crippen LogP) is 3.19. The summed E-state index contributed by atoms with van der Waals surface area (Å²) in [4.78, 5) is 22.8. The Kier molecular flexibility index (Phi) is 4.66. The number of pyridine rings is 1. The first-order chi connectivity index (χ1) is 15.7. The summed E-state index contributed by atoms with van der Waals surface area (Å²) in [7, 11) is 0. The fraction of sp³-hybridized carbons (Fsp3) is 0.391. The van der Waals surface area contributed by atoms with Crippen molar-refractivity contribution in [2.24, 2.45) is 0 Å². The van der Waals surface area contributed by atoms with E-state index in [1.54, 1.807) is 23.0 Å². The van der Waals surface area contributed by atoms with E-state index in [-0.39, 0.29) is 11.9 Å². The molecule has 4 aromatic heterocycles. The van der Waals surface area contributed by atoms with Gasteiger partial charge < -0.3 is 19.4 Å². The van der Waals surface area contributed by atoms with Gasteiger partial charge in [-0.15, -0.1) is 5.10 Å². The molecule has 9 heteroatoms. The lowest BCUT2D eigenvalue weighted by Gasteiger charge is -2.27. The Bertz CT molecular complexity index is 1290. The van der Waals surface area contributed by atoms with Gasteiger partial charge in [0.25, 0.3) is 0 Å². The summed E-state index contributed by atoms with van der Waals surface area (Å²) < 4.78 is 13.8. The molecule has 0 bridgehead atoms. The SMILES string of the molecule is O=C1CCC(COc2ccc3ncc(-c4cc5c(N6CCCCC6)nccc5o4)n3n2)N1. The molecule has 6 rings (SSSR count). The normalized spacial score (nSPS) is 19.1. The van der Waals surface area contributed by atoms with Gasteiger partial charge in [-0.25, -0.2) is 14.5 Å². The zero-order valence-electron chi connectivity index (χ0n) is 17.7. The van der Waals surface area contributed by atoms with E-state index in [0.717, 1.165) is 42.0 Å². The first kappa shape index (κ1) is 19.1. The molecule has 2 aliphatic heterocycles. The largest absolute Gasteiger partial charge is 0.474 e. The van der Waals surface area contributed by atoms with Crippen molar-refractivity contribution < 1.29 is 13.9 Å². The van der Waals surface area contributed by atoms with Crippen LogP contribution in [0.2, 0.25) is 0 Å². The summed E-state index contributed by atoms with van der Waals surface area (Å²) in [5.74, 6) is 2.21. The molecule has 1 amide bonds. The molecular weight excluding hydrogens is 408 g/mol. The van der Waals surface area contributed by atoms with Crippen molar-refractivity contribution in [2.45, 2.75) is 38.1 Å². The standard InChI is InChI=1S/C23H24N6O3/c30-21-6-4-15(26-21)14-31-22-7-5-20-25-13-17(29(20)27-22)19-12-16-18(32-19)8-9-24-23(16)28-10-2-1-3-11-28/h5,7-9,12-13,15H,1-4,6,10-11,14H2,(H,26,30). The summed E-state index contributed by atoms with van der Waals surface area (Å²) in [6.45, 7) is 2.43. The molecule has 0 aliphatic carbocycles. The van der Waals surface area contributed by atoms with Gasteiger partial charge in [0.15, 0.2) is 11.4 Å². The number of ether oxygens (including phenoxy) is 1. The summed E-state index contributed by atoms with van der Waals surface area (Å²) in [6.07, 6.45) is 8.54. The van der Waals surface area contributed by atoms with Gasteiger partial charge in [0, 0.05) is 31.8 Å². The number of amides is 1. The average Bonchev–Trinajstić information content (AvgIpc) is 3.55. The minimum Gasteiger partial charge on any atom is -0.474 e. The topological polar surface area (TPSA) is 97.8 Å². The van der Waals surface area contributed by atoms with Crippen molar-refractivity contribution in [2.75, 3.05) is 24.6 Å². The van der Waals surface area contributed by atoms with E-state index in [9.17, 15) is 4.79 Å². The molecule has 9 nitrogen and oxygen atoms in total. The van der Waals surface area contributed by atoms with Gasteiger partial charge in [0.05, 0.1) is 17.6 Å². The smallest absolute Gasteiger partial charge is 0.231 e. The Morgan fingerprint density at radius 2 is 2.06 bits per heavy atom. The molecule has 0 saturated carbocycles. The molecular formula is C23H24N6O3. The van der Waals surface area contributed by atoms with Crippen LogP contribution in [0.4, 0.5) is 5.82 Å². The number of carbonyl (C=O) groups is 1. The van der Waals surface area contributed by atoms with Crippen LogP contribution in [0.3, 0.4) is 0 Å². The lowest BCUT2D eigenvalue weighted by Crippen LogP contribution is -2.31. The molecule has 6 heterocycles. The van der Waals surface area contributed by atoms with Crippen LogP contribution in [0.15, 0.2) is 41.1 Å². The van der Waals surface area contributed by atoms with Crippen LogP contribution < -0.4 is 15.0 Å². The Balaban J connectivity index is 1.32. The molecule has 2 saturated heterocycles. The van der Waals surface area contributed by atoms with Gasteiger partial charge in [0.2, 0.25) is 11.8 Å². The molecule has 2 aliphatic rings. The number of nitrogens with one attached hydrogen (secondary N) is 1. The Morgan fingerprint density at radius 1 is 1.16 bits per heavy atom. The number of hydrogen-bond acceptors (Lipinski definition) is 7. The van der Waals surface area contributed by atoms with Gasteiger partial charge in [-0.3, -0.25) is 4.79 Å².